The fraction of sp³-hybridized carbons (Fsp3) is 0.478. The Morgan fingerprint density at radius 3 is 2.27 bits per heavy atom. The third-order valence-corrected chi connectivity index (χ3v) is 6.05. The zero-order chi connectivity index (χ0) is 21.1. The molecule has 0 unspecified atom stereocenters. The Bertz CT molecular complexity index is 812. The summed E-state index contributed by atoms with van der Waals surface area (Å²) in [4.78, 5) is 0. The van der Waals surface area contributed by atoms with Crippen LogP contribution in [0.25, 0.3) is 0 Å². The molecule has 7 heteroatoms. The first-order valence-corrected chi connectivity index (χ1v) is 11.5. The quantitative estimate of drug-likeness (QED) is 0.396. The van der Waals surface area contributed by atoms with Gasteiger partial charge in [0.05, 0.1) is 19.8 Å². The van der Waals surface area contributed by atoms with Gasteiger partial charge in [-0.2, -0.15) is 0 Å². The number of ether oxygens (including phenoxy) is 6. The lowest BCUT2D eigenvalue weighted by Crippen LogP contribution is -2.59. The van der Waals surface area contributed by atoms with Crippen LogP contribution >= 0.6 is 22.6 Å². The smallest absolute Gasteiger partial charge is 0.229 e. The number of alkyl halides is 1. The van der Waals surface area contributed by atoms with Crippen LogP contribution in [0.1, 0.15) is 19.4 Å². The van der Waals surface area contributed by atoms with Crippen LogP contribution in [-0.2, 0) is 25.6 Å². The molecule has 30 heavy (non-hydrogen) atoms. The molecule has 4 rings (SSSR count). The van der Waals surface area contributed by atoms with E-state index in [9.17, 15) is 0 Å². The Balaban J connectivity index is 1.57. The number of benzene rings is 2. The lowest BCUT2D eigenvalue weighted by atomic mass is 9.99. The van der Waals surface area contributed by atoms with Gasteiger partial charge in [-0.3, -0.25) is 0 Å². The van der Waals surface area contributed by atoms with E-state index in [1.54, 1.807) is 7.11 Å². The van der Waals surface area contributed by atoms with Crippen LogP contribution in [0.4, 0.5) is 0 Å². The minimum absolute atomic E-state index is 0.155. The van der Waals surface area contributed by atoms with E-state index in [0.29, 0.717) is 12.4 Å². The van der Waals surface area contributed by atoms with Gasteiger partial charge in [-0.15, -0.1) is 0 Å². The molecule has 5 atom stereocenters. The van der Waals surface area contributed by atoms with Crippen molar-refractivity contribution in [1.29, 1.82) is 0 Å². The monoisotopic (exact) mass is 526 g/mol. The van der Waals surface area contributed by atoms with Crippen molar-refractivity contribution >= 4 is 22.6 Å². The molecule has 2 heterocycles. The van der Waals surface area contributed by atoms with E-state index in [-0.39, 0.29) is 18.3 Å². The molecule has 2 aromatic rings. The largest absolute Gasteiger partial charge is 0.497 e. The molecule has 162 valence electrons. The minimum Gasteiger partial charge on any atom is -0.497 e. The average Bonchev–Trinajstić information content (AvgIpc) is 3.08. The third-order valence-electron chi connectivity index (χ3n) is 5.18. The normalized spacial score (nSPS) is 29.9. The van der Waals surface area contributed by atoms with Crippen LogP contribution in [0.2, 0.25) is 0 Å². The molecule has 2 aliphatic rings. The van der Waals surface area contributed by atoms with Crippen LogP contribution in [0.5, 0.6) is 11.5 Å². The van der Waals surface area contributed by atoms with Crippen molar-refractivity contribution in [1.82, 2.24) is 0 Å². The van der Waals surface area contributed by atoms with Crippen molar-refractivity contribution in [2.24, 2.45) is 0 Å². The van der Waals surface area contributed by atoms with Crippen LogP contribution in [0.3, 0.4) is 0 Å². The van der Waals surface area contributed by atoms with E-state index in [4.69, 9.17) is 28.4 Å². The van der Waals surface area contributed by atoms with Gasteiger partial charge < -0.3 is 28.4 Å². The Labute approximate surface area is 190 Å². The summed E-state index contributed by atoms with van der Waals surface area (Å²) in [6, 6.07) is 17.5. The second-order valence-corrected chi connectivity index (χ2v) is 8.70. The van der Waals surface area contributed by atoms with Gasteiger partial charge in [0, 0.05) is 4.43 Å². The first-order valence-electron chi connectivity index (χ1n) is 10.0. The van der Waals surface area contributed by atoms with E-state index in [0.717, 1.165) is 15.7 Å². The Morgan fingerprint density at radius 2 is 1.60 bits per heavy atom. The summed E-state index contributed by atoms with van der Waals surface area (Å²) in [5.41, 5.74) is 1.08. The summed E-state index contributed by atoms with van der Waals surface area (Å²) >= 11 is 2.31. The fourth-order valence-electron chi connectivity index (χ4n) is 3.79. The number of fused-ring (bicyclic) bond motifs is 1. The van der Waals surface area contributed by atoms with Crippen molar-refractivity contribution in [2.45, 2.75) is 56.9 Å². The van der Waals surface area contributed by atoms with Crippen LogP contribution in [-0.4, -0.2) is 48.0 Å². The molecule has 0 spiro atoms. The van der Waals surface area contributed by atoms with Crippen LogP contribution in [0.15, 0.2) is 54.6 Å². The summed E-state index contributed by atoms with van der Waals surface area (Å²) in [6.45, 7) is 4.27. The van der Waals surface area contributed by atoms with Crippen LogP contribution in [0, 0.1) is 0 Å². The van der Waals surface area contributed by atoms with Crippen molar-refractivity contribution in [2.75, 3.05) is 11.5 Å². The molecule has 0 saturated carbocycles. The molecule has 2 aliphatic heterocycles. The standard InChI is InChI=1S/C23H27IO6/c1-23(2)29-19-18(13-24)28-22(27-17-11-9-16(25-3)10-12-17)21(20(19)30-23)26-14-15-7-5-4-6-8-15/h4-12,18-22H,13-14H2,1-3H3/t18-,19+,20+,21-,22-/m1/s1. The number of methoxy groups -OCH3 is 1. The molecule has 2 saturated heterocycles. The van der Waals surface area contributed by atoms with Gasteiger partial charge in [0.1, 0.15) is 29.8 Å². The number of hydrogen-bond acceptors (Lipinski definition) is 6. The highest BCUT2D eigenvalue weighted by Gasteiger charge is 2.56. The predicted octanol–water partition coefficient (Wildman–Crippen LogP) is 4.34. The Morgan fingerprint density at radius 1 is 0.933 bits per heavy atom. The maximum absolute atomic E-state index is 6.32. The molecule has 0 N–H and O–H groups in total. The highest BCUT2D eigenvalue weighted by Crippen LogP contribution is 2.40. The summed E-state index contributed by atoms with van der Waals surface area (Å²) < 4.78 is 37.3. The maximum Gasteiger partial charge on any atom is 0.229 e. The second-order valence-electron chi connectivity index (χ2n) is 7.82. The van der Waals surface area contributed by atoms with E-state index < -0.39 is 18.2 Å². The number of hydrogen-bond donors (Lipinski definition) is 0. The molecule has 6 nitrogen and oxygen atoms in total. The van der Waals surface area contributed by atoms with Gasteiger partial charge in [0.25, 0.3) is 0 Å². The lowest BCUT2D eigenvalue weighted by molar-refractivity contribution is -0.257. The van der Waals surface area contributed by atoms with Gasteiger partial charge in [-0.05, 0) is 43.7 Å². The molecular weight excluding hydrogens is 499 g/mol. The zero-order valence-corrected chi connectivity index (χ0v) is 19.5. The first kappa shape index (κ1) is 21.8. The Hall–Kier alpha value is -1.39. The molecular formula is C23H27IO6. The Kier molecular flexibility index (Phi) is 6.84. The van der Waals surface area contributed by atoms with Crippen molar-refractivity contribution < 1.29 is 28.4 Å². The van der Waals surface area contributed by atoms with Crippen LogP contribution < -0.4 is 9.47 Å². The summed E-state index contributed by atoms with van der Waals surface area (Å²) in [6.07, 6.45) is -1.73. The average molecular weight is 526 g/mol. The zero-order valence-electron chi connectivity index (χ0n) is 17.3. The third kappa shape index (κ3) is 4.91. The maximum atomic E-state index is 6.32. The van der Waals surface area contributed by atoms with Gasteiger partial charge in [-0.1, -0.05) is 52.9 Å². The topological polar surface area (TPSA) is 55.4 Å². The van der Waals surface area contributed by atoms with E-state index in [1.807, 2.05) is 68.4 Å². The fourth-order valence-corrected chi connectivity index (χ4v) is 4.50. The van der Waals surface area contributed by atoms with E-state index in [2.05, 4.69) is 22.6 Å². The lowest BCUT2D eigenvalue weighted by Gasteiger charge is -2.41. The van der Waals surface area contributed by atoms with Crippen molar-refractivity contribution in [3.8, 4) is 11.5 Å². The second kappa shape index (κ2) is 9.40. The SMILES string of the molecule is COc1ccc(O[C@@H]2O[C@H](CI)[C@@H]3OC(C)(C)O[C@@H]3[C@H]2OCc2ccccc2)cc1. The highest BCUT2D eigenvalue weighted by molar-refractivity contribution is 14.1. The number of rotatable bonds is 7. The van der Waals surface area contributed by atoms with Gasteiger partial charge in [-0.25, -0.2) is 0 Å². The molecule has 2 fully saturated rings. The molecule has 0 amide bonds. The van der Waals surface area contributed by atoms with Gasteiger partial charge in [0.15, 0.2) is 5.79 Å². The summed E-state index contributed by atoms with van der Waals surface area (Å²) in [5.74, 6) is 0.743. The first-order chi connectivity index (χ1) is 14.5. The summed E-state index contributed by atoms with van der Waals surface area (Å²) in [7, 11) is 1.64. The highest BCUT2D eigenvalue weighted by atomic mass is 127. The van der Waals surface area contributed by atoms with Crippen molar-refractivity contribution in [3.63, 3.8) is 0 Å². The molecule has 2 aromatic carbocycles. The molecule has 0 radical (unpaired) electrons. The molecule has 0 aliphatic carbocycles. The summed E-state index contributed by atoms with van der Waals surface area (Å²) in [5, 5.41) is 0. The predicted molar refractivity (Wildman–Crippen MR) is 120 cm³/mol. The van der Waals surface area contributed by atoms with E-state index in [1.165, 1.54) is 0 Å². The number of halogens is 1. The minimum atomic E-state index is -0.702. The van der Waals surface area contributed by atoms with Crippen molar-refractivity contribution in [3.05, 3.63) is 60.2 Å². The van der Waals surface area contributed by atoms with E-state index >= 15 is 0 Å². The van der Waals surface area contributed by atoms with Gasteiger partial charge >= 0.3 is 0 Å². The molecule has 0 aromatic heterocycles. The van der Waals surface area contributed by atoms with Gasteiger partial charge in [0.2, 0.25) is 6.29 Å². The molecule has 0 bridgehead atoms.